The molecule has 1 aliphatic rings. The van der Waals surface area contributed by atoms with Crippen molar-refractivity contribution in [3.63, 3.8) is 0 Å². The van der Waals surface area contributed by atoms with Crippen molar-refractivity contribution in [3.05, 3.63) is 0 Å². The fourth-order valence-electron chi connectivity index (χ4n) is 7.90. The van der Waals surface area contributed by atoms with Gasteiger partial charge < -0.3 is 14.2 Å². The number of rotatable bonds is 35. The Balaban J connectivity index is 2.23. The van der Waals surface area contributed by atoms with Crippen LogP contribution in [-0.2, 0) is 23.8 Å². The van der Waals surface area contributed by atoms with E-state index in [2.05, 4.69) is 67.2 Å². The Morgan fingerprint density at radius 3 is 1.28 bits per heavy atom. The molecule has 0 N–H and O–H groups in total. The molecule has 1 rings (SSSR count). The maximum Gasteiger partial charge on any atom is 0.305 e. The van der Waals surface area contributed by atoms with Crippen molar-refractivity contribution in [2.45, 2.75) is 210 Å². The second-order valence-electron chi connectivity index (χ2n) is 19.3. The van der Waals surface area contributed by atoms with E-state index in [1.54, 1.807) is 0 Å². The molecule has 0 amide bonds. The molecule has 0 spiro atoms. The summed E-state index contributed by atoms with van der Waals surface area (Å²) in [5.74, 6) is 3.48. The Labute approximate surface area is 336 Å². The summed E-state index contributed by atoms with van der Waals surface area (Å²) in [6.45, 7) is 26.9. The second-order valence-corrected chi connectivity index (χ2v) is 19.3. The number of carbonyl (C=O) groups excluding carboxylic acids is 2. The van der Waals surface area contributed by atoms with Crippen LogP contribution in [0.1, 0.15) is 210 Å². The van der Waals surface area contributed by atoms with E-state index in [-0.39, 0.29) is 11.9 Å². The molecule has 0 bridgehead atoms. The Morgan fingerprint density at radius 1 is 0.537 bits per heavy atom. The van der Waals surface area contributed by atoms with Gasteiger partial charge in [0, 0.05) is 25.9 Å². The van der Waals surface area contributed by atoms with Gasteiger partial charge in [0.25, 0.3) is 0 Å². The molecule has 6 nitrogen and oxygen atoms in total. The van der Waals surface area contributed by atoms with Crippen molar-refractivity contribution in [1.29, 1.82) is 0 Å². The molecule has 1 heterocycles. The van der Waals surface area contributed by atoms with Crippen LogP contribution in [0, 0.1) is 40.9 Å². The molecule has 1 aliphatic heterocycles. The van der Waals surface area contributed by atoms with Gasteiger partial charge in [0.15, 0.2) is 0 Å². The van der Waals surface area contributed by atoms with Crippen molar-refractivity contribution in [3.8, 4) is 0 Å². The lowest BCUT2D eigenvalue weighted by molar-refractivity contribution is -0.146. The highest BCUT2D eigenvalue weighted by Gasteiger charge is 2.25. The van der Waals surface area contributed by atoms with Gasteiger partial charge in [-0.15, -0.1) is 0 Å². The summed E-state index contributed by atoms with van der Waals surface area (Å²) in [6, 6.07) is 0. The van der Waals surface area contributed by atoms with Gasteiger partial charge in [0.05, 0.1) is 26.4 Å². The molecule has 6 heteroatoms. The smallest absolute Gasteiger partial charge is 0.305 e. The molecular weight excluding hydrogens is 671 g/mol. The molecule has 1 saturated heterocycles. The Kier molecular flexibility index (Phi) is 30.0. The first-order valence-electron chi connectivity index (χ1n) is 23.4. The molecule has 2 atom stereocenters. The van der Waals surface area contributed by atoms with Crippen molar-refractivity contribution in [1.82, 2.24) is 4.90 Å². The van der Waals surface area contributed by atoms with Crippen LogP contribution in [0.5, 0.6) is 0 Å². The van der Waals surface area contributed by atoms with Gasteiger partial charge in [0.2, 0.25) is 0 Å². The summed E-state index contributed by atoms with van der Waals surface area (Å²) in [4.78, 5) is 27.3. The highest BCUT2D eigenvalue weighted by molar-refractivity contribution is 5.69. The predicted molar refractivity (Wildman–Crippen MR) is 230 cm³/mol. The van der Waals surface area contributed by atoms with Crippen LogP contribution < -0.4 is 0 Å². The monoisotopic (exact) mass is 764 g/mol. The minimum absolute atomic E-state index is 0.00140. The predicted octanol–water partition coefficient (Wildman–Crippen LogP) is 13.2. The number of esters is 2. The van der Waals surface area contributed by atoms with E-state index in [0.29, 0.717) is 67.0 Å². The molecule has 0 aliphatic carbocycles. The number of hydrogen-bond donors (Lipinski definition) is 0. The molecule has 0 saturated carbocycles. The van der Waals surface area contributed by atoms with E-state index in [1.807, 2.05) is 0 Å². The van der Waals surface area contributed by atoms with E-state index in [4.69, 9.17) is 14.2 Å². The second kappa shape index (κ2) is 31.9. The summed E-state index contributed by atoms with van der Waals surface area (Å²) < 4.78 is 17.0. The lowest BCUT2D eigenvalue weighted by Crippen LogP contribution is -2.38. The minimum atomic E-state index is -0.00140. The van der Waals surface area contributed by atoms with Crippen LogP contribution >= 0.6 is 0 Å². The maximum atomic E-state index is 12.3. The van der Waals surface area contributed by atoms with Crippen LogP contribution in [0.25, 0.3) is 0 Å². The highest BCUT2D eigenvalue weighted by Crippen LogP contribution is 2.35. The van der Waals surface area contributed by atoms with Gasteiger partial charge in [-0.2, -0.15) is 0 Å². The van der Waals surface area contributed by atoms with E-state index in [1.165, 1.54) is 103 Å². The fraction of sp³-hybridized carbons (Fsp3) is 0.958. The van der Waals surface area contributed by atoms with Crippen molar-refractivity contribution in [2.24, 2.45) is 40.9 Å². The summed E-state index contributed by atoms with van der Waals surface area (Å²) in [6.07, 6.45) is 27.0. The number of unbranched alkanes of at least 4 members (excludes halogenated alkanes) is 12. The first-order chi connectivity index (χ1) is 25.8. The number of hydrogen-bond acceptors (Lipinski definition) is 6. The zero-order valence-electron chi connectivity index (χ0n) is 37.7. The number of carbonyl (C=O) groups is 2. The van der Waals surface area contributed by atoms with Crippen molar-refractivity contribution in [2.75, 3.05) is 46.1 Å². The first-order valence-corrected chi connectivity index (χ1v) is 23.4. The molecule has 0 aromatic carbocycles. The summed E-state index contributed by atoms with van der Waals surface area (Å²) in [5.41, 5.74) is 0.422. The largest absolute Gasteiger partial charge is 0.465 e. The molecule has 0 aromatic heterocycles. The van der Waals surface area contributed by atoms with Crippen LogP contribution in [0.15, 0.2) is 0 Å². The zero-order valence-corrected chi connectivity index (χ0v) is 37.7. The molecule has 0 aromatic rings. The van der Waals surface area contributed by atoms with E-state index < -0.39 is 0 Å². The third-order valence-electron chi connectivity index (χ3n) is 12.5. The SMILES string of the molecule is CC(C)CCC(COC(=O)CCCCCCCCCC(C)(CCCCCCCCCC(=O)OCC(CCC(C)C)C(C)C)CCN1CCOCC1)C(C)C. The topological polar surface area (TPSA) is 65.1 Å². The molecule has 1 fully saturated rings. The number of ether oxygens (including phenoxy) is 3. The summed E-state index contributed by atoms with van der Waals surface area (Å²) in [7, 11) is 0. The summed E-state index contributed by atoms with van der Waals surface area (Å²) >= 11 is 0. The van der Waals surface area contributed by atoms with E-state index in [9.17, 15) is 9.59 Å². The van der Waals surface area contributed by atoms with Crippen molar-refractivity contribution >= 4 is 11.9 Å². The molecule has 320 valence electrons. The van der Waals surface area contributed by atoms with Crippen LogP contribution in [-0.4, -0.2) is 62.9 Å². The maximum absolute atomic E-state index is 12.3. The molecular formula is C48H93NO5. The average molecular weight is 764 g/mol. The van der Waals surface area contributed by atoms with Gasteiger partial charge in [-0.05, 0) is 92.4 Å². The van der Waals surface area contributed by atoms with Gasteiger partial charge in [-0.25, -0.2) is 0 Å². The van der Waals surface area contributed by atoms with Crippen LogP contribution in [0.4, 0.5) is 0 Å². The molecule has 54 heavy (non-hydrogen) atoms. The Hall–Kier alpha value is -1.14. The Morgan fingerprint density at radius 2 is 0.907 bits per heavy atom. The number of nitrogens with zero attached hydrogens (tertiary/aromatic N) is 1. The van der Waals surface area contributed by atoms with Gasteiger partial charge in [-0.1, -0.05) is 152 Å². The average Bonchev–Trinajstić information content (AvgIpc) is 3.12. The highest BCUT2D eigenvalue weighted by atomic mass is 16.5. The van der Waals surface area contributed by atoms with E-state index in [0.717, 1.165) is 64.8 Å². The standard InChI is InChI=1S/C48H93NO5/c1-40(2)26-28-44(42(5)6)38-53-46(50)24-20-16-12-10-14-18-22-30-48(9,32-33-49-34-36-52-37-35-49)31-23-19-15-11-13-17-21-25-47(51)54-39-45(43(7)8)29-27-41(3)4/h40-45H,10-39H2,1-9H3. The van der Waals surface area contributed by atoms with Gasteiger partial charge in [-0.3, -0.25) is 14.5 Å². The fourth-order valence-corrected chi connectivity index (χ4v) is 7.90. The molecule has 2 unspecified atom stereocenters. The van der Waals surface area contributed by atoms with Crippen LogP contribution in [0.2, 0.25) is 0 Å². The minimum Gasteiger partial charge on any atom is -0.465 e. The first kappa shape index (κ1) is 50.9. The molecule has 0 radical (unpaired) electrons. The van der Waals surface area contributed by atoms with Crippen LogP contribution in [0.3, 0.4) is 0 Å². The number of morpholine rings is 1. The van der Waals surface area contributed by atoms with E-state index >= 15 is 0 Å². The lowest BCUT2D eigenvalue weighted by atomic mass is 9.77. The summed E-state index contributed by atoms with van der Waals surface area (Å²) in [5, 5.41) is 0. The van der Waals surface area contributed by atoms with Crippen molar-refractivity contribution < 1.29 is 23.8 Å². The third-order valence-corrected chi connectivity index (χ3v) is 12.5. The van der Waals surface area contributed by atoms with Gasteiger partial charge in [0.1, 0.15) is 0 Å². The zero-order chi connectivity index (χ0) is 40.0. The normalized spacial score (nSPS) is 16.3. The quantitative estimate of drug-likeness (QED) is 0.0473. The Bertz CT molecular complexity index is 838. The lowest BCUT2D eigenvalue weighted by Gasteiger charge is -2.34. The van der Waals surface area contributed by atoms with Gasteiger partial charge >= 0.3 is 11.9 Å². The third kappa shape index (κ3) is 28.3.